The van der Waals surface area contributed by atoms with E-state index in [1.165, 1.54) is 0 Å². The van der Waals surface area contributed by atoms with Gasteiger partial charge in [-0.3, -0.25) is 4.79 Å². The van der Waals surface area contributed by atoms with Crippen molar-refractivity contribution in [2.24, 2.45) is 4.99 Å². The topological polar surface area (TPSA) is 112 Å². The largest absolute Gasteiger partial charge is 0.449 e. The number of benzene rings is 1. The van der Waals surface area contributed by atoms with Crippen molar-refractivity contribution >= 4 is 50.8 Å². The molecule has 31 heavy (non-hydrogen) atoms. The fraction of sp³-hybridized carbons (Fsp3) is 0.190. The van der Waals surface area contributed by atoms with Gasteiger partial charge in [-0.05, 0) is 36.7 Å². The van der Waals surface area contributed by atoms with Gasteiger partial charge in [-0.2, -0.15) is 4.98 Å². The highest BCUT2D eigenvalue weighted by molar-refractivity contribution is 6.28. The average molecular weight is 436 g/mol. The van der Waals surface area contributed by atoms with Crippen LogP contribution in [0.3, 0.4) is 0 Å². The Morgan fingerprint density at radius 3 is 2.94 bits per heavy atom. The fourth-order valence-corrected chi connectivity index (χ4v) is 3.99. The molecule has 0 saturated heterocycles. The number of hydrogen-bond acceptors (Lipinski definition) is 8. The van der Waals surface area contributed by atoms with E-state index in [1.54, 1.807) is 19.1 Å². The second kappa shape index (κ2) is 6.73. The van der Waals surface area contributed by atoms with Crippen LogP contribution in [0.5, 0.6) is 11.8 Å². The molecule has 1 amide bonds. The first-order chi connectivity index (χ1) is 15.1. The number of rotatable bonds is 2. The molecule has 3 aromatic heterocycles. The molecular weight excluding hydrogens is 422 g/mol. The number of carbonyl (C=O) groups is 1. The maximum absolute atomic E-state index is 12.4. The molecule has 2 aliphatic heterocycles. The van der Waals surface area contributed by atoms with Crippen LogP contribution in [0.25, 0.3) is 21.9 Å². The molecule has 5 heterocycles. The lowest BCUT2D eigenvalue weighted by Gasteiger charge is -2.09. The number of ether oxygens (including phenoxy) is 2. The van der Waals surface area contributed by atoms with E-state index in [0.29, 0.717) is 59.7 Å². The summed E-state index contributed by atoms with van der Waals surface area (Å²) in [6.45, 7) is 2.99. The molecule has 1 N–H and O–H groups in total. The lowest BCUT2D eigenvalue weighted by atomic mass is 10.1. The molecule has 10 heteroatoms. The van der Waals surface area contributed by atoms with Crippen LogP contribution in [-0.2, 0) is 18.0 Å². The predicted molar refractivity (Wildman–Crippen MR) is 113 cm³/mol. The summed E-state index contributed by atoms with van der Waals surface area (Å²) >= 11 is 6.01. The molecule has 0 radical (unpaired) electrons. The number of pyridine rings is 1. The molecule has 6 rings (SSSR count). The zero-order chi connectivity index (χ0) is 21.1. The zero-order valence-corrected chi connectivity index (χ0v) is 17.0. The monoisotopic (exact) mass is 435 g/mol. The Kier molecular flexibility index (Phi) is 3.95. The fourth-order valence-electron chi connectivity index (χ4n) is 3.82. The van der Waals surface area contributed by atoms with E-state index in [9.17, 15) is 4.79 Å². The molecule has 0 unspecified atom stereocenters. The zero-order valence-electron chi connectivity index (χ0n) is 16.2. The Morgan fingerprint density at radius 1 is 1.13 bits per heavy atom. The Bertz CT molecular complexity index is 1450. The van der Waals surface area contributed by atoms with Gasteiger partial charge in [-0.1, -0.05) is 0 Å². The standard InChI is InChI=1S/C21H14ClN5O4/c1-9-6-23-17-16-10-2-5-15(31-20-11-7-29-8-13(11)26-21(22)27-20)25-12(10)3-4-14(16)30-18(17)19(28)24-9/h2-5,23H,6-8H2,1H3. The highest BCUT2D eigenvalue weighted by atomic mass is 35.5. The van der Waals surface area contributed by atoms with Gasteiger partial charge in [0.05, 0.1) is 47.6 Å². The minimum absolute atomic E-state index is 0.0936. The highest BCUT2D eigenvalue weighted by Crippen LogP contribution is 2.38. The van der Waals surface area contributed by atoms with Crippen LogP contribution in [0.2, 0.25) is 5.28 Å². The minimum Gasteiger partial charge on any atom is -0.449 e. The van der Waals surface area contributed by atoms with Gasteiger partial charge in [0.2, 0.25) is 22.8 Å². The first-order valence-electron chi connectivity index (χ1n) is 9.56. The smallest absolute Gasteiger partial charge is 0.314 e. The van der Waals surface area contributed by atoms with E-state index in [2.05, 4.69) is 25.3 Å². The molecule has 154 valence electrons. The van der Waals surface area contributed by atoms with Gasteiger partial charge < -0.3 is 19.2 Å². The molecule has 0 aliphatic carbocycles. The number of nitrogens with one attached hydrogen (secondary N) is 1. The summed E-state index contributed by atoms with van der Waals surface area (Å²) in [6.07, 6.45) is 0. The maximum atomic E-state index is 12.4. The number of aromatic nitrogens is 3. The van der Waals surface area contributed by atoms with Crippen LogP contribution in [0.1, 0.15) is 28.7 Å². The number of amides is 1. The van der Waals surface area contributed by atoms with Gasteiger partial charge in [-0.15, -0.1) is 0 Å². The second-order valence-corrected chi connectivity index (χ2v) is 7.62. The predicted octanol–water partition coefficient (Wildman–Crippen LogP) is 4.27. The van der Waals surface area contributed by atoms with Gasteiger partial charge in [0.25, 0.3) is 0 Å². The molecule has 9 nitrogen and oxygen atoms in total. The number of halogens is 1. The number of furan rings is 1. The summed E-state index contributed by atoms with van der Waals surface area (Å²) < 4.78 is 17.2. The van der Waals surface area contributed by atoms with Crippen molar-refractivity contribution in [2.75, 3.05) is 11.9 Å². The van der Waals surface area contributed by atoms with Crippen LogP contribution in [0.15, 0.2) is 33.7 Å². The Balaban J connectivity index is 1.45. The van der Waals surface area contributed by atoms with E-state index in [1.807, 2.05) is 12.1 Å². The molecule has 0 atom stereocenters. The molecule has 0 bridgehead atoms. The Hall–Kier alpha value is -3.56. The minimum atomic E-state index is -0.397. The van der Waals surface area contributed by atoms with Crippen molar-refractivity contribution < 1.29 is 18.7 Å². The van der Waals surface area contributed by atoms with E-state index in [-0.39, 0.29) is 11.0 Å². The van der Waals surface area contributed by atoms with E-state index in [0.717, 1.165) is 16.3 Å². The van der Waals surface area contributed by atoms with Crippen LogP contribution in [-0.4, -0.2) is 33.1 Å². The third kappa shape index (κ3) is 2.93. The average Bonchev–Trinajstić information content (AvgIpc) is 3.33. The molecule has 0 saturated carbocycles. The van der Waals surface area contributed by atoms with E-state index >= 15 is 0 Å². The number of aliphatic imine (C=N–C) groups is 1. The summed E-state index contributed by atoms with van der Waals surface area (Å²) in [6, 6.07) is 7.20. The van der Waals surface area contributed by atoms with Crippen molar-refractivity contribution in [3.63, 3.8) is 0 Å². The molecule has 0 spiro atoms. The number of carbonyl (C=O) groups excluding carboxylic acids is 1. The van der Waals surface area contributed by atoms with Gasteiger partial charge in [-0.25, -0.2) is 15.0 Å². The van der Waals surface area contributed by atoms with Gasteiger partial charge >= 0.3 is 5.91 Å². The molecular formula is C21H14ClN5O4. The van der Waals surface area contributed by atoms with Crippen LogP contribution in [0, 0.1) is 0 Å². The molecule has 1 aromatic carbocycles. The summed E-state index contributed by atoms with van der Waals surface area (Å²) in [4.78, 5) is 29.4. The molecule has 4 aromatic rings. The number of hydrogen-bond donors (Lipinski definition) is 1. The van der Waals surface area contributed by atoms with Crippen molar-refractivity contribution in [3.05, 3.63) is 46.6 Å². The summed E-state index contributed by atoms with van der Waals surface area (Å²) in [7, 11) is 0. The third-order valence-electron chi connectivity index (χ3n) is 5.22. The first-order valence-corrected chi connectivity index (χ1v) is 9.94. The van der Waals surface area contributed by atoms with Gasteiger partial charge in [0, 0.05) is 17.2 Å². The lowest BCUT2D eigenvalue weighted by molar-refractivity contribution is 0.0980. The van der Waals surface area contributed by atoms with E-state index in [4.69, 9.17) is 25.5 Å². The van der Waals surface area contributed by atoms with Gasteiger partial charge in [0.1, 0.15) is 5.58 Å². The molecule has 0 fully saturated rings. The summed E-state index contributed by atoms with van der Waals surface area (Å²) in [5, 5.41) is 4.96. The van der Waals surface area contributed by atoms with Crippen LogP contribution < -0.4 is 10.1 Å². The van der Waals surface area contributed by atoms with Crippen LogP contribution >= 0.6 is 11.6 Å². The Morgan fingerprint density at radius 2 is 2.03 bits per heavy atom. The Labute approximate surface area is 180 Å². The third-order valence-corrected chi connectivity index (χ3v) is 5.39. The summed E-state index contributed by atoms with van der Waals surface area (Å²) in [5.74, 6) is 0.489. The van der Waals surface area contributed by atoms with Crippen LogP contribution in [0.4, 0.5) is 5.69 Å². The quantitative estimate of drug-likeness (QED) is 0.464. The first kappa shape index (κ1) is 18.2. The number of fused-ring (bicyclic) bond motifs is 6. The normalized spacial score (nSPS) is 15.4. The van der Waals surface area contributed by atoms with Crippen molar-refractivity contribution in [1.82, 2.24) is 15.0 Å². The highest BCUT2D eigenvalue weighted by Gasteiger charge is 2.25. The maximum Gasteiger partial charge on any atom is 0.314 e. The summed E-state index contributed by atoms with van der Waals surface area (Å²) in [5.41, 5.74) is 4.06. The van der Waals surface area contributed by atoms with Crippen molar-refractivity contribution in [1.29, 1.82) is 0 Å². The molecule has 2 aliphatic rings. The van der Waals surface area contributed by atoms with Crippen molar-refractivity contribution in [3.8, 4) is 11.8 Å². The van der Waals surface area contributed by atoms with E-state index < -0.39 is 5.91 Å². The number of nitrogens with zero attached hydrogens (tertiary/aromatic N) is 4. The van der Waals surface area contributed by atoms with Gasteiger partial charge in [0.15, 0.2) is 0 Å². The SMILES string of the molecule is CC1=NC(=O)c2oc3ccc4nc(Oc5nc(Cl)nc6c5COC6)ccc4c3c2NC1. The second-order valence-electron chi connectivity index (χ2n) is 7.28. The number of anilines is 1. The van der Waals surface area contributed by atoms with Crippen molar-refractivity contribution in [2.45, 2.75) is 20.1 Å². The lowest BCUT2D eigenvalue weighted by Crippen LogP contribution is -2.08.